The molecule has 0 amide bonds. The molecule has 0 aromatic carbocycles. The van der Waals surface area contributed by atoms with E-state index in [4.69, 9.17) is 19.6 Å². The highest BCUT2D eigenvalue weighted by molar-refractivity contribution is 7.72. The van der Waals surface area contributed by atoms with E-state index in [1.54, 1.807) is 24.4 Å². The molecular weight excluding hydrogens is 313 g/mol. The van der Waals surface area contributed by atoms with Crippen LogP contribution in [-0.2, 0) is 15.6 Å². The normalized spacial score (nSPS) is 13.8. The van der Waals surface area contributed by atoms with Gasteiger partial charge in [-0.05, 0) is 12.1 Å². The molecule has 0 atom stereocenters. The van der Waals surface area contributed by atoms with Gasteiger partial charge in [-0.25, -0.2) is 9.37 Å². The van der Waals surface area contributed by atoms with Crippen LogP contribution >= 0.6 is 15.2 Å². The van der Waals surface area contributed by atoms with Crippen molar-refractivity contribution in [1.29, 1.82) is 0 Å². The minimum absolute atomic E-state index is 0.176. The second kappa shape index (κ2) is 4.73. The molecule has 2 aromatic rings. The fourth-order valence-electron chi connectivity index (χ4n) is 1.68. The van der Waals surface area contributed by atoms with Crippen molar-refractivity contribution in [3.63, 3.8) is 0 Å². The van der Waals surface area contributed by atoms with Crippen LogP contribution in [0.3, 0.4) is 0 Å². The Kier molecular flexibility index (Phi) is 3.62. The summed E-state index contributed by atoms with van der Waals surface area (Å²) in [5, 5.41) is -3.99. The first kappa shape index (κ1) is 15.3. The summed E-state index contributed by atoms with van der Waals surface area (Å²) in [5.74, 6) is 0. The van der Waals surface area contributed by atoms with Gasteiger partial charge in [0.1, 0.15) is 5.65 Å². The van der Waals surface area contributed by atoms with Crippen LogP contribution in [0.2, 0.25) is 0 Å². The van der Waals surface area contributed by atoms with Crippen molar-refractivity contribution in [3.05, 3.63) is 36.3 Å². The molecule has 0 fully saturated rings. The molecule has 0 spiro atoms. The van der Waals surface area contributed by atoms with Gasteiger partial charge in [0.25, 0.3) is 0 Å². The number of imidazole rings is 1. The lowest BCUT2D eigenvalue weighted by Gasteiger charge is -2.25. The van der Waals surface area contributed by atoms with Crippen molar-refractivity contribution in [2.24, 2.45) is 0 Å². The number of hydrogen-bond acceptors (Lipinski definition) is 3. The summed E-state index contributed by atoms with van der Waals surface area (Å²) in [7, 11) is -11.4. The van der Waals surface area contributed by atoms with E-state index in [1.165, 1.54) is 10.6 Å². The predicted octanol–water partition coefficient (Wildman–Crippen LogP) is 0.855. The third-order valence-corrected chi connectivity index (χ3v) is 6.38. The fraction of sp³-hybridized carbons (Fsp3) is 0.222. The molecule has 0 saturated carbocycles. The number of aromatic nitrogens is 2. The molecule has 0 aliphatic heterocycles. The zero-order chi connectivity index (χ0) is 15.2. The average Bonchev–Trinajstić information content (AvgIpc) is 2.67. The minimum atomic E-state index is -5.70. The van der Waals surface area contributed by atoms with Crippen molar-refractivity contribution in [3.8, 4) is 0 Å². The molecule has 2 rings (SSSR count). The van der Waals surface area contributed by atoms with Gasteiger partial charge in [0, 0.05) is 18.8 Å². The molecule has 11 heteroatoms. The Morgan fingerprint density at radius 3 is 2.30 bits per heavy atom. The van der Waals surface area contributed by atoms with Crippen LogP contribution in [0.1, 0.15) is 5.69 Å². The summed E-state index contributed by atoms with van der Waals surface area (Å²) in [6.07, 6.45) is 1.61. The Hall–Kier alpha value is -1.08. The molecule has 8 nitrogen and oxygen atoms in total. The maximum atomic E-state index is 14.2. The summed E-state index contributed by atoms with van der Waals surface area (Å²) < 4.78 is 37.9. The maximum Gasteiger partial charge on any atom is 0.375 e. The quantitative estimate of drug-likeness (QED) is 0.613. The van der Waals surface area contributed by atoms with Crippen molar-refractivity contribution in [1.82, 2.24) is 9.38 Å². The van der Waals surface area contributed by atoms with E-state index < -0.39 is 26.8 Å². The van der Waals surface area contributed by atoms with Gasteiger partial charge in [-0.15, -0.1) is 0 Å². The summed E-state index contributed by atoms with van der Waals surface area (Å²) >= 11 is 0. The largest absolute Gasteiger partial charge is 0.375 e. The topological polar surface area (TPSA) is 132 Å². The van der Waals surface area contributed by atoms with Crippen LogP contribution in [0.4, 0.5) is 4.39 Å². The molecule has 2 heterocycles. The van der Waals surface area contributed by atoms with E-state index in [2.05, 4.69) is 4.98 Å². The van der Waals surface area contributed by atoms with E-state index in [0.717, 1.165) is 0 Å². The second-order valence-corrected chi connectivity index (χ2v) is 8.13. The van der Waals surface area contributed by atoms with Crippen LogP contribution in [0, 0.1) is 0 Å². The van der Waals surface area contributed by atoms with E-state index in [9.17, 15) is 13.5 Å². The molecule has 0 aliphatic rings. The number of hydrogen-bond donors (Lipinski definition) is 4. The molecule has 0 unspecified atom stereocenters. The monoisotopic (exact) mass is 324 g/mol. The second-order valence-electron chi connectivity index (χ2n) is 4.18. The Bertz CT molecular complexity index is 680. The molecule has 0 aliphatic carbocycles. The molecule has 0 bridgehead atoms. The summed E-state index contributed by atoms with van der Waals surface area (Å²) in [5.41, 5.74) is 0.187. The Labute approximate surface area is 112 Å². The molecule has 0 radical (unpaired) electrons. The first-order chi connectivity index (χ1) is 9.04. The first-order valence-corrected chi connectivity index (χ1v) is 8.50. The predicted molar refractivity (Wildman–Crippen MR) is 66.8 cm³/mol. The number of pyridine rings is 1. The van der Waals surface area contributed by atoms with E-state index in [0.29, 0.717) is 5.65 Å². The average molecular weight is 324 g/mol. The van der Waals surface area contributed by atoms with Crippen LogP contribution in [-0.4, -0.2) is 34.1 Å². The fourth-order valence-corrected chi connectivity index (χ4v) is 3.77. The van der Waals surface area contributed by atoms with Crippen LogP contribution in [0.5, 0.6) is 0 Å². The first-order valence-electron chi connectivity index (χ1n) is 5.27. The van der Waals surface area contributed by atoms with Gasteiger partial charge in [-0.2, -0.15) is 0 Å². The van der Waals surface area contributed by atoms with Gasteiger partial charge >= 0.3 is 20.3 Å². The SMILES string of the molecule is O=P(O)(O)C(F)(Cc1cn2ccccc2n1)P(=O)(O)O. The van der Waals surface area contributed by atoms with E-state index >= 15 is 0 Å². The number of fused-ring (bicyclic) bond motifs is 1. The Morgan fingerprint density at radius 2 is 1.80 bits per heavy atom. The van der Waals surface area contributed by atoms with Gasteiger partial charge in [0.15, 0.2) is 0 Å². The van der Waals surface area contributed by atoms with Crippen LogP contribution < -0.4 is 0 Å². The van der Waals surface area contributed by atoms with Crippen molar-refractivity contribution in [2.75, 3.05) is 0 Å². The van der Waals surface area contributed by atoms with Crippen molar-refractivity contribution >= 4 is 20.8 Å². The Morgan fingerprint density at radius 1 is 1.20 bits per heavy atom. The van der Waals surface area contributed by atoms with Crippen molar-refractivity contribution in [2.45, 2.75) is 11.6 Å². The van der Waals surface area contributed by atoms with Gasteiger partial charge in [-0.1, -0.05) is 6.07 Å². The molecule has 0 saturated heterocycles. The Balaban J connectivity index is 2.48. The smallest absolute Gasteiger partial charge is 0.322 e. The zero-order valence-electron chi connectivity index (χ0n) is 9.87. The van der Waals surface area contributed by atoms with E-state index in [-0.39, 0.29) is 5.69 Å². The lowest BCUT2D eigenvalue weighted by atomic mass is 10.3. The van der Waals surface area contributed by atoms with Crippen LogP contribution in [0.25, 0.3) is 5.65 Å². The minimum Gasteiger partial charge on any atom is -0.322 e. The molecule has 20 heavy (non-hydrogen) atoms. The molecule has 4 N–H and O–H groups in total. The van der Waals surface area contributed by atoms with Gasteiger partial charge in [-0.3, -0.25) is 9.13 Å². The number of nitrogens with zero attached hydrogens (tertiary/aromatic N) is 2. The van der Waals surface area contributed by atoms with Gasteiger partial charge in [0.2, 0.25) is 0 Å². The lowest BCUT2D eigenvalue weighted by molar-refractivity contribution is 0.221. The standard InChI is InChI=1S/C9H11FN2O6P2/c10-9(19(13,14)15,20(16,17)18)5-7-6-12-4-2-1-3-8(12)11-7/h1-4,6H,5H2,(H2,13,14,15)(H2,16,17,18). The summed E-state index contributed by atoms with van der Waals surface area (Å²) in [4.78, 5) is 39.5. The van der Waals surface area contributed by atoms with Gasteiger partial charge < -0.3 is 24.0 Å². The summed E-state index contributed by atoms with van der Waals surface area (Å²) in [6, 6.07) is 4.84. The molecule has 110 valence electrons. The highest BCUT2D eigenvalue weighted by atomic mass is 31.2. The maximum absolute atomic E-state index is 14.2. The third-order valence-electron chi connectivity index (χ3n) is 2.71. The zero-order valence-corrected chi connectivity index (χ0v) is 11.7. The number of halogens is 1. The highest BCUT2D eigenvalue weighted by Gasteiger charge is 2.62. The number of rotatable bonds is 4. The summed E-state index contributed by atoms with van der Waals surface area (Å²) in [6.45, 7) is 0. The number of alkyl halides is 1. The van der Waals surface area contributed by atoms with E-state index in [1.807, 2.05) is 0 Å². The highest BCUT2D eigenvalue weighted by Crippen LogP contribution is 2.70. The van der Waals surface area contributed by atoms with Gasteiger partial charge in [0.05, 0.1) is 5.69 Å². The lowest BCUT2D eigenvalue weighted by Crippen LogP contribution is -2.26. The molecular formula is C9H11FN2O6P2. The molecule has 2 aromatic heterocycles. The third kappa shape index (κ3) is 2.56. The van der Waals surface area contributed by atoms with Crippen LogP contribution in [0.15, 0.2) is 30.6 Å². The van der Waals surface area contributed by atoms with Crippen molar-refractivity contribution < 1.29 is 33.1 Å².